The zero-order chi connectivity index (χ0) is 21.7. The SMILES string of the molecule is Cc1ccc(S(=O)(=O)Oc2ccc(/C=N\NC(=O)c3ccc(Cl)c(Cl)c3)cc2)cc1. The molecule has 0 spiro atoms. The number of aryl methyl sites for hydroxylation is 1. The van der Waals surface area contributed by atoms with Crippen LogP contribution in [-0.4, -0.2) is 20.5 Å². The van der Waals surface area contributed by atoms with Crippen LogP contribution in [0.2, 0.25) is 10.0 Å². The maximum Gasteiger partial charge on any atom is 0.339 e. The number of hydrogen-bond acceptors (Lipinski definition) is 5. The van der Waals surface area contributed by atoms with E-state index in [2.05, 4.69) is 10.5 Å². The first kappa shape index (κ1) is 21.8. The smallest absolute Gasteiger partial charge is 0.339 e. The van der Waals surface area contributed by atoms with E-state index in [9.17, 15) is 13.2 Å². The third kappa shape index (κ3) is 5.60. The van der Waals surface area contributed by atoms with Crippen LogP contribution in [-0.2, 0) is 10.1 Å². The largest absolute Gasteiger partial charge is 0.379 e. The van der Waals surface area contributed by atoms with Crippen molar-refractivity contribution in [1.29, 1.82) is 0 Å². The fraction of sp³-hybridized carbons (Fsp3) is 0.0476. The maximum absolute atomic E-state index is 12.3. The Morgan fingerprint density at radius 3 is 2.27 bits per heavy atom. The highest BCUT2D eigenvalue weighted by molar-refractivity contribution is 7.87. The number of carbonyl (C=O) groups excluding carboxylic acids is 1. The predicted octanol–water partition coefficient (Wildman–Crippen LogP) is 4.83. The molecule has 0 atom stereocenters. The minimum Gasteiger partial charge on any atom is -0.379 e. The molecule has 3 aromatic carbocycles. The number of carbonyl (C=O) groups is 1. The van der Waals surface area contributed by atoms with Crippen molar-refractivity contribution in [1.82, 2.24) is 5.43 Å². The molecule has 3 rings (SSSR count). The van der Waals surface area contributed by atoms with Gasteiger partial charge in [-0.3, -0.25) is 4.79 Å². The Morgan fingerprint density at radius 1 is 0.967 bits per heavy atom. The third-order valence-corrected chi connectivity index (χ3v) is 5.96. The highest BCUT2D eigenvalue weighted by Crippen LogP contribution is 2.22. The summed E-state index contributed by atoms with van der Waals surface area (Å²) in [5.74, 6) is -0.290. The van der Waals surface area contributed by atoms with E-state index < -0.39 is 16.0 Å². The third-order valence-electron chi connectivity index (χ3n) is 3.96. The quantitative estimate of drug-likeness (QED) is 0.322. The number of nitrogens with one attached hydrogen (secondary N) is 1. The number of rotatable bonds is 6. The minimum absolute atomic E-state index is 0.0729. The highest BCUT2D eigenvalue weighted by Gasteiger charge is 2.16. The molecule has 0 aliphatic heterocycles. The van der Waals surface area contributed by atoms with Gasteiger partial charge in [0.1, 0.15) is 10.6 Å². The fourth-order valence-electron chi connectivity index (χ4n) is 2.36. The van der Waals surface area contributed by atoms with Crippen molar-refractivity contribution in [2.45, 2.75) is 11.8 Å². The average molecular weight is 463 g/mol. The lowest BCUT2D eigenvalue weighted by Crippen LogP contribution is -2.17. The lowest BCUT2D eigenvalue weighted by atomic mass is 10.2. The lowest BCUT2D eigenvalue weighted by molar-refractivity contribution is 0.0955. The molecule has 0 aromatic heterocycles. The van der Waals surface area contributed by atoms with Gasteiger partial charge in [-0.2, -0.15) is 13.5 Å². The summed E-state index contributed by atoms with van der Waals surface area (Å²) >= 11 is 11.7. The van der Waals surface area contributed by atoms with Crippen molar-refractivity contribution < 1.29 is 17.4 Å². The molecule has 9 heteroatoms. The van der Waals surface area contributed by atoms with Crippen LogP contribution in [0.15, 0.2) is 76.7 Å². The van der Waals surface area contributed by atoms with Gasteiger partial charge in [-0.1, -0.05) is 40.9 Å². The summed E-state index contributed by atoms with van der Waals surface area (Å²) in [6.45, 7) is 1.87. The van der Waals surface area contributed by atoms with Crippen LogP contribution in [0.3, 0.4) is 0 Å². The molecular formula is C21H16Cl2N2O4S. The number of benzene rings is 3. The summed E-state index contributed by atoms with van der Waals surface area (Å²) in [7, 11) is -3.92. The summed E-state index contributed by atoms with van der Waals surface area (Å²) in [6.07, 6.45) is 1.41. The van der Waals surface area contributed by atoms with E-state index >= 15 is 0 Å². The molecule has 0 bridgehead atoms. The van der Waals surface area contributed by atoms with Crippen molar-refractivity contribution >= 4 is 45.4 Å². The Labute approximate surface area is 184 Å². The van der Waals surface area contributed by atoms with Gasteiger partial charge in [0.2, 0.25) is 0 Å². The van der Waals surface area contributed by atoms with E-state index in [1.807, 2.05) is 6.92 Å². The van der Waals surface area contributed by atoms with Gasteiger partial charge in [0, 0.05) is 5.56 Å². The molecular weight excluding hydrogens is 447 g/mol. The van der Waals surface area contributed by atoms with Crippen molar-refractivity contribution in [3.8, 4) is 5.75 Å². The van der Waals surface area contributed by atoms with Crippen LogP contribution >= 0.6 is 23.2 Å². The topological polar surface area (TPSA) is 84.8 Å². The number of hydrogen-bond donors (Lipinski definition) is 1. The van der Waals surface area contributed by atoms with Crippen molar-refractivity contribution in [3.63, 3.8) is 0 Å². The molecule has 154 valence electrons. The minimum atomic E-state index is -3.92. The first-order valence-electron chi connectivity index (χ1n) is 8.64. The van der Waals surface area contributed by atoms with Gasteiger partial charge in [-0.05, 0) is 67.1 Å². The van der Waals surface area contributed by atoms with E-state index in [0.717, 1.165) is 5.56 Å². The first-order chi connectivity index (χ1) is 14.2. The van der Waals surface area contributed by atoms with E-state index in [4.69, 9.17) is 27.4 Å². The van der Waals surface area contributed by atoms with Crippen LogP contribution in [0.4, 0.5) is 0 Å². The molecule has 6 nitrogen and oxygen atoms in total. The van der Waals surface area contributed by atoms with Gasteiger partial charge in [0.15, 0.2) is 0 Å². The second kappa shape index (κ2) is 9.30. The summed E-state index contributed by atoms with van der Waals surface area (Å²) < 4.78 is 29.8. The molecule has 0 saturated heterocycles. The molecule has 0 aliphatic carbocycles. The Bertz CT molecular complexity index is 1190. The average Bonchev–Trinajstić information content (AvgIpc) is 2.71. The van der Waals surface area contributed by atoms with Crippen molar-refractivity contribution in [2.75, 3.05) is 0 Å². The summed E-state index contributed by atoms with van der Waals surface area (Å²) in [5, 5.41) is 4.49. The molecule has 3 aromatic rings. The molecule has 0 radical (unpaired) electrons. The fourth-order valence-corrected chi connectivity index (χ4v) is 3.58. The monoisotopic (exact) mass is 462 g/mol. The number of hydrazone groups is 1. The van der Waals surface area contributed by atoms with Gasteiger partial charge in [0.05, 0.1) is 16.3 Å². The van der Waals surface area contributed by atoms with E-state index in [1.54, 1.807) is 24.3 Å². The normalized spacial score (nSPS) is 11.4. The first-order valence-corrected chi connectivity index (χ1v) is 10.8. The number of amides is 1. The van der Waals surface area contributed by atoms with Crippen LogP contribution in [0.25, 0.3) is 0 Å². The second-order valence-corrected chi connectivity index (χ2v) is 8.61. The van der Waals surface area contributed by atoms with E-state index in [1.165, 1.54) is 48.7 Å². The van der Waals surface area contributed by atoms with Gasteiger partial charge < -0.3 is 4.18 Å². The maximum atomic E-state index is 12.3. The highest BCUT2D eigenvalue weighted by atomic mass is 35.5. The van der Waals surface area contributed by atoms with Crippen LogP contribution in [0.5, 0.6) is 5.75 Å². The molecule has 0 saturated carbocycles. The molecule has 1 N–H and O–H groups in total. The predicted molar refractivity (Wildman–Crippen MR) is 117 cm³/mol. The molecule has 0 fully saturated rings. The van der Waals surface area contributed by atoms with E-state index in [-0.39, 0.29) is 15.7 Å². The summed E-state index contributed by atoms with van der Waals surface area (Å²) in [6, 6.07) is 17.1. The zero-order valence-corrected chi connectivity index (χ0v) is 18.0. The van der Waals surface area contributed by atoms with Gasteiger partial charge in [0.25, 0.3) is 5.91 Å². The molecule has 0 unspecified atom stereocenters. The molecule has 0 aliphatic rings. The summed E-state index contributed by atoms with van der Waals surface area (Å²) in [5.41, 5.74) is 4.26. The Kier molecular flexibility index (Phi) is 6.77. The van der Waals surface area contributed by atoms with E-state index in [0.29, 0.717) is 16.1 Å². The standard InChI is InChI=1S/C21H16Cl2N2O4S/c1-14-2-9-18(10-3-14)30(27,28)29-17-7-4-15(5-8-17)13-24-25-21(26)16-6-11-19(22)20(23)12-16/h2-13H,1H3,(H,25,26)/b24-13-. The summed E-state index contributed by atoms with van der Waals surface area (Å²) in [4.78, 5) is 12.1. The van der Waals surface area contributed by atoms with Crippen LogP contribution < -0.4 is 9.61 Å². The van der Waals surface area contributed by atoms with Crippen molar-refractivity contribution in [2.24, 2.45) is 5.10 Å². The number of halogens is 2. The Morgan fingerprint density at radius 2 is 1.63 bits per heavy atom. The van der Waals surface area contributed by atoms with Gasteiger partial charge >= 0.3 is 10.1 Å². The zero-order valence-electron chi connectivity index (χ0n) is 15.7. The lowest BCUT2D eigenvalue weighted by Gasteiger charge is -2.07. The Balaban J connectivity index is 1.62. The van der Waals surface area contributed by atoms with Crippen LogP contribution in [0.1, 0.15) is 21.5 Å². The van der Waals surface area contributed by atoms with Gasteiger partial charge in [-0.25, -0.2) is 5.43 Å². The second-order valence-electron chi connectivity index (χ2n) is 6.25. The molecule has 1 amide bonds. The molecule has 0 heterocycles. The van der Waals surface area contributed by atoms with Crippen LogP contribution in [0, 0.1) is 6.92 Å². The molecule has 30 heavy (non-hydrogen) atoms. The Hall–Kier alpha value is -2.87. The van der Waals surface area contributed by atoms with Gasteiger partial charge in [-0.15, -0.1) is 0 Å². The van der Waals surface area contributed by atoms with Crippen molar-refractivity contribution in [3.05, 3.63) is 93.5 Å². The number of nitrogens with zero attached hydrogens (tertiary/aromatic N) is 1.